The summed E-state index contributed by atoms with van der Waals surface area (Å²) in [4.78, 5) is 5.85. The molecule has 0 fully saturated rings. The minimum absolute atomic E-state index is 0.0946. The van der Waals surface area contributed by atoms with Crippen molar-refractivity contribution in [3.8, 4) is 0 Å². The van der Waals surface area contributed by atoms with Gasteiger partial charge in [0.05, 0.1) is 5.56 Å². The number of aliphatic hydroxyl groups excluding tert-OH is 1. The Kier molecular flexibility index (Phi) is 4.39. The van der Waals surface area contributed by atoms with E-state index in [1.54, 1.807) is 18.3 Å². The predicted molar refractivity (Wildman–Crippen MR) is 84.0 cm³/mol. The van der Waals surface area contributed by atoms with E-state index >= 15 is 0 Å². The molecule has 1 atom stereocenters. The molecule has 3 rings (SSSR count). The van der Waals surface area contributed by atoms with Crippen molar-refractivity contribution >= 4 is 0 Å². The van der Waals surface area contributed by atoms with E-state index in [0.717, 1.165) is 5.69 Å². The molecule has 0 spiro atoms. The van der Waals surface area contributed by atoms with E-state index in [4.69, 9.17) is 0 Å². The van der Waals surface area contributed by atoms with Crippen LogP contribution in [0, 0.1) is 29.1 Å². The first kappa shape index (κ1) is 18.2. The highest BCUT2D eigenvalue weighted by atomic mass is 19.2. The molecular formula is C18H15F5N2O. The Balaban J connectivity index is 2.04. The Morgan fingerprint density at radius 2 is 1.42 bits per heavy atom. The Bertz CT molecular complexity index is 918. The monoisotopic (exact) mass is 370 g/mol. The molecule has 2 heterocycles. The van der Waals surface area contributed by atoms with Gasteiger partial charge >= 0.3 is 0 Å². The van der Waals surface area contributed by atoms with E-state index in [9.17, 15) is 27.1 Å². The number of aromatic nitrogens is 2. The first-order valence-electron chi connectivity index (χ1n) is 7.69. The second kappa shape index (κ2) is 6.28. The van der Waals surface area contributed by atoms with Crippen molar-refractivity contribution in [2.24, 2.45) is 0 Å². The number of hydrogen-bond donors (Lipinski definition) is 3. The molecule has 3 aromatic rings. The van der Waals surface area contributed by atoms with Crippen molar-refractivity contribution < 1.29 is 27.1 Å². The lowest BCUT2D eigenvalue weighted by molar-refractivity contribution is 0.198. The summed E-state index contributed by atoms with van der Waals surface area (Å²) in [6.07, 6.45) is -0.322. The molecular weight excluding hydrogens is 355 g/mol. The summed E-state index contributed by atoms with van der Waals surface area (Å²) in [5.41, 5.74) is -0.553. The van der Waals surface area contributed by atoms with Gasteiger partial charge < -0.3 is 15.1 Å². The second-order valence-corrected chi connectivity index (χ2v) is 6.42. The molecule has 138 valence electrons. The van der Waals surface area contributed by atoms with Crippen molar-refractivity contribution in [2.45, 2.75) is 25.4 Å². The molecule has 0 radical (unpaired) electrons. The van der Waals surface area contributed by atoms with E-state index in [2.05, 4.69) is 9.97 Å². The molecule has 1 aromatic carbocycles. The number of halogens is 5. The van der Waals surface area contributed by atoms with E-state index in [1.165, 1.54) is 6.07 Å². The van der Waals surface area contributed by atoms with E-state index < -0.39 is 46.2 Å². The average Bonchev–Trinajstić information content (AvgIpc) is 3.30. The van der Waals surface area contributed by atoms with Gasteiger partial charge in [0.25, 0.3) is 0 Å². The Morgan fingerprint density at radius 1 is 0.846 bits per heavy atom. The van der Waals surface area contributed by atoms with Crippen LogP contribution in [-0.4, -0.2) is 15.1 Å². The summed E-state index contributed by atoms with van der Waals surface area (Å²) in [6, 6.07) is 6.54. The molecule has 8 heteroatoms. The van der Waals surface area contributed by atoms with Crippen molar-refractivity contribution in [3.63, 3.8) is 0 Å². The molecule has 26 heavy (non-hydrogen) atoms. The second-order valence-electron chi connectivity index (χ2n) is 6.42. The molecule has 0 saturated heterocycles. The van der Waals surface area contributed by atoms with Gasteiger partial charge in [-0.1, -0.05) is 0 Å². The molecule has 3 N–H and O–H groups in total. The smallest absolute Gasteiger partial charge is 0.200 e. The van der Waals surface area contributed by atoms with Gasteiger partial charge in [-0.15, -0.1) is 0 Å². The number of hydrogen-bond acceptors (Lipinski definition) is 1. The maximum absolute atomic E-state index is 13.9. The van der Waals surface area contributed by atoms with Crippen LogP contribution < -0.4 is 0 Å². The summed E-state index contributed by atoms with van der Waals surface area (Å²) < 4.78 is 67.7. The van der Waals surface area contributed by atoms with Gasteiger partial charge in [0.1, 0.15) is 6.10 Å². The fourth-order valence-corrected chi connectivity index (χ4v) is 2.82. The normalized spacial score (nSPS) is 13.2. The zero-order valence-electron chi connectivity index (χ0n) is 13.8. The molecule has 0 aliphatic carbocycles. The maximum Gasteiger partial charge on any atom is 0.200 e. The minimum Gasteiger partial charge on any atom is -0.382 e. The molecule has 3 nitrogen and oxygen atoms in total. The van der Waals surface area contributed by atoms with Crippen LogP contribution in [0.5, 0.6) is 0 Å². The summed E-state index contributed by atoms with van der Waals surface area (Å²) in [5, 5.41) is 10.2. The van der Waals surface area contributed by atoms with Crippen LogP contribution in [0.2, 0.25) is 0 Å². The average molecular weight is 370 g/mol. The summed E-state index contributed by atoms with van der Waals surface area (Å²) >= 11 is 0. The topological polar surface area (TPSA) is 51.8 Å². The van der Waals surface area contributed by atoms with Gasteiger partial charge in [-0.05, 0) is 38.1 Å². The number of aliphatic hydroxyl groups is 1. The van der Waals surface area contributed by atoms with Crippen LogP contribution in [0.3, 0.4) is 0 Å². The van der Waals surface area contributed by atoms with Crippen molar-refractivity contribution in [1.29, 1.82) is 0 Å². The summed E-state index contributed by atoms with van der Waals surface area (Å²) in [7, 11) is 0. The third-order valence-corrected chi connectivity index (χ3v) is 4.46. The van der Waals surface area contributed by atoms with Crippen LogP contribution in [0.1, 0.15) is 42.6 Å². The highest BCUT2D eigenvalue weighted by Crippen LogP contribution is 2.34. The third-order valence-electron chi connectivity index (χ3n) is 4.46. The number of rotatable bonds is 4. The zero-order valence-corrected chi connectivity index (χ0v) is 13.8. The molecule has 0 saturated carbocycles. The first-order chi connectivity index (χ1) is 12.2. The van der Waals surface area contributed by atoms with Gasteiger partial charge in [-0.25, -0.2) is 22.0 Å². The van der Waals surface area contributed by atoms with Crippen LogP contribution in [-0.2, 0) is 5.41 Å². The standard InChI is InChI=1S/C18H15F5N2O/c1-18(2,9-4-3-7-24-9)10-6-5-8(25-10)17(26)11-12(19)14(21)16(23)15(22)13(11)20/h3-7,17,24-26H,1-2H3. The summed E-state index contributed by atoms with van der Waals surface area (Å²) in [5.74, 6) is -10.6. The van der Waals surface area contributed by atoms with Gasteiger partial charge in [-0.2, -0.15) is 0 Å². The lowest BCUT2D eigenvalue weighted by atomic mass is 9.86. The number of H-pyrrole nitrogens is 2. The molecule has 0 amide bonds. The number of benzene rings is 1. The first-order valence-corrected chi connectivity index (χ1v) is 7.69. The fourth-order valence-electron chi connectivity index (χ4n) is 2.82. The lowest BCUT2D eigenvalue weighted by Crippen LogP contribution is -2.20. The number of aromatic amines is 2. The molecule has 0 aliphatic rings. The largest absolute Gasteiger partial charge is 0.382 e. The van der Waals surface area contributed by atoms with Crippen molar-refractivity contribution in [2.75, 3.05) is 0 Å². The highest BCUT2D eigenvalue weighted by molar-refractivity contribution is 5.36. The van der Waals surface area contributed by atoms with Crippen LogP contribution >= 0.6 is 0 Å². The lowest BCUT2D eigenvalue weighted by Gasteiger charge is -2.22. The molecule has 0 bridgehead atoms. The van der Waals surface area contributed by atoms with Gasteiger partial charge in [-0.3, -0.25) is 0 Å². The molecule has 0 aliphatic heterocycles. The SMILES string of the molecule is CC(C)(c1ccc[nH]1)c1ccc(C(O)c2c(F)c(F)c(F)c(F)c2F)[nH]1. The van der Waals surface area contributed by atoms with Crippen LogP contribution in [0.15, 0.2) is 30.5 Å². The maximum atomic E-state index is 13.9. The van der Waals surface area contributed by atoms with Gasteiger partial charge in [0.2, 0.25) is 5.82 Å². The quantitative estimate of drug-likeness (QED) is 0.355. The minimum atomic E-state index is -2.27. The van der Waals surface area contributed by atoms with Crippen LogP contribution in [0.4, 0.5) is 22.0 Å². The summed E-state index contributed by atoms with van der Waals surface area (Å²) in [6.45, 7) is 3.72. The van der Waals surface area contributed by atoms with Crippen LogP contribution in [0.25, 0.3) is 0 Å². The highest BCUT2D eigenvalue weighted by Gasteiger charge is 2.32. The predicted octanol–water partition coefficient (Wildman–Crippen LogP) is 4.45. The van der Waals surface area contributed by atoms with Crippen molar-refractivity contribution in [1.82, 2.24) is 9.97 Å². The number of nitrogens with one attached hydrogen (secondary N) is 2. The Hall–Kier alpha value is -2.61. The zero-order chi connectivity index (χ0) is 19.2. The molecule has 2 aromatic heterocycles. The van der Waals surface area contributed by atoms with Gasteiger partial charge in [0, 0.05) is 28.7 Å². The fraction of sp³-hybridized carbons (Fsp3) is 0.222. The Labute approximate surface area is 145 Å². The van der Waals surface area contributed by atoms with E-state index in [1.807, 2.05) is 19.9 Å². The van der Waals surface area contributed by atoms with Gasteiger partial charge in [0.15, 0.2) is 23.3 Å². The van der Waals surface area contributed by atoms with E-state index in [-0.39, 0.29) is 5.69 Å². The van der Waals surface area contributed by atoms with E-state index in [0.29, 0.717) is 5.69 Å². The van der Waals surface area contributed by atoms with Crippen molar-refractivity contribution in [3.05, 3.63) is 82.2 Å². The third kappa shape index (κ3) is 2.70. The Morgan fingerprint density at radius 3 is 1.96 bits per heavy atom. The molecule has 1 unspecified atom stereocenters.